The number of likely N-dealkylation sites (tertiary alicyclic amines) is 1. The molecule has 2 saturated heterocycles. The molecule has 2 aliphatic rings. The van der Waals surface area contributed by atoms with Gasteiger partial charge in [0.15, 0.2) is 0 Å². The lowest BCUT2D eigenvalue weighted by Crippen LogP contribution is -2.67. The first-order valence-corrected chi connectivity index (χ1v) is 12.0. The van der Waals surface area contributed by atoms with Crippen molar-refractivity contribution in [2.75, 3.05) is 40.3 Å². The normalized spacial score (nSPS) is 27.9. The highest BCUT2D eigenvalue weighted by molar-refractivity contribution is 5.76. The Morgan fingerprint density at radius 3 is 2.22 bits per heavy atom. The average molecular weight is 435 g/mol. The van der Waals surface area contributed by atoms with Gasteiger partial charge < -0.3 is 15.1 Å². The fourth-order valence-corrected chi connectivity index (χ4v) is 6.00. The maximum atomic E-state index is 13.3. The van der Waals surface area contributed by atoms with E-state index in [0.717, 1.165) is 13.1 Å². The number of benzene rings is 2. The van der Waals surface area contributed by atoms with Crippen molar-refractivity contribution in [3.63, 3.8) is 0 Å². The molecule has 2 heterocycles. The first-order valence-electron chi connectivity index (χ1n) is 12.0. The van der Waals surface area contributed by atoms with Gasteiger partial charge in [0.05, 0.1) is 11.6 Å². The van der Waals surface area contributed by atoms with Crippen molar-refractivity contribution in [1.29, 1.82) is 0 Å². The number of piperidine rings is 1. The summed E-state index contributed by atoms with van der Waals surface area (Å²) in [6.07, 6.45) is 2.48. The van der Waals surface area contributed by atoms with Crippen LogP contribution in [-0.2, 0) is 5.54 Å². The standard InChI is InChI=1S/C27H38N4O/c1-21-19-30(20-22-15-17-29(4)18-16-22)25(23-11-7-5-8-12-23)27(2,31(21)26(32)28-3)24-13-9-6-10-14-24/h5-14,21-22,25H,15-20H2,1-4H3,(H,28,32). The zero-order valence-corrected chi connectivity index (χ0v) is 20.0. The van der Waals surface area contributed by atoms with Crippen LogP contribution in [-0.4, -0.2) is 67.0 Å². The molecule has 32 heavy (non-hydrogen) atoms. The Morgan fingerprint density at radius 1 is 1.03 bits per heavy atom. The van der Waals surface area contributed by atoms with Crippen molar-refractivity contribution in [2.24, 2.45) is 5.92 Å². The number of amides is 2. The van der Waals surface area contributed by atoms with E-state index in [1.807, 2.05) is 0 Å². The van der Waals surface area contributed by atoms with Crippen molar-refractivity contribution in [3.8, 4) is 0 Å². The Morgan fingerprint density at radius 2 is 1.62 bits per heavy atom. The number of urea groups is 1. The Kier molecular flexibility index (Phi) is 6.87. The van der Waals surface area contributed by atoms with Crippen molar-refractivity contribution in [3.05, 3.63) is 71.8 Å². The SMILES string of the molecule is CNC(=O)N1C(C)CN(CC2CCN(C)CC2)C(c2ccccc2)C1(C)c1ccccc1. The van der Waals surface area contributed by atoms with Gasteiger partial charge >= 0.3 is 6.03 Å². The highest BCUT2D eigenvalue weighted by Crippen LogP contribution is 2.48. The van der Waals surface area contributed by atoms with Gasteiger partial charge in [-0.3, -0.25) is 4.90 Å². The summed E-state index contributed by atoms with van der Waals surface area (Å²) in [5.41, 5.74) is 1.95. The lowest BCUT2D eigenvalue weighted by Gasteiger charge is -2.58. The highest BCUT2D eigenvalue weighted by atomic mass is 16.2. The number of nitrogens with zero attached hydrogens (tertiary/aromatic N) is 3. The van der Waals surface area contributed by atoms with Gasteiger partial charge in [-0.1, -0.05) is 60.7 Å². The average Bonchev–Trinajstić information content (AvgIpc) is 2.81. The van der Waals surface area contributed by atoms with Gasteiger partial charge in [-0.25, -0.2) is 4.79 Å². The molecule has 172 valence electrons. The molecule has 4 rings (SSSR count). The number of hydrogen-bond donors (Lipinski definition) is 1. The summed E-state index contributed by atoms with van der Waals surface area (Å²) in [7, 11) is 3.96. The molecule has 5 heteroatoms. The van der Waals surface area contributed by atoms with Crippen LogP contribution in [0.25, 0.3) is 0 Å². The summed E-state index contributed by atoms with van der Waals surface area (Å²) in [5, 5.41) is 2.93. The van der Waals surface area contributed by atoms with E-state index in [1.165, 1.54) is 37.1 Å². The molecular formula is C27H38N4O. The van der Waals surface area contributed by atoms with Crippen molar-refractivity contribution >= 4 is 6.03 Å². The summed E-state index contributed by atoms with van der Waals surface area (Å²) in [4.78, 5) is 20.5. The van der Waals surface area contributed by atoms with E-state index in [0.29, 0.717) is 5.92 Å². The second kappa shape index (κ2) is 9.63. The minimum atomic E-state index is -0.494. The topological polar surface area (TPSA) is 38.8 Å². The molecule has 5 nitrogen and oxygen atoms in total. The predicted molar refractivity (Wildman–Crippen MR) is 131 cm³/mol. The fraction of sp³-hybridized carbons (Fsp3) is 0.519. The van der Waals surface area contributed by atoms with E-state index >= 15 is 0 Å². The third-order valence-corrected chi connectivity index (χ3v) is 7.57. The summed E-state index contributed by atoms with van der Waals surface area (Å²) in [6, 6.07) is 21.5. The molecule has 0 bridgehead atoms. The molecule has 0 aromatic heterocycles. The second-order valence-corrected chi connectivity index (χ2v) is 9.80. The van der Waals surface area contributed by atoms with Crippen LogP contribution in [0.2, 0.25) is 0 Å². The van der Waals surface area contributed by atoms with Gasteiger partial charge in [0, 0.05) is 26.2 Å². The van der Waals surface area contributed by atoms with Gasteiger partial charge in [-0.15, -0.1) is 0 Å². The first kappa shape index (κ1) is 22.8. The number of carbonyl (C=O) groups excluding carboxylic acids is 1. The van der Waals surface area contributed by atoms with E-state index in [2.05, 4.69) is 102 Å². The zero-order valence-electron chi connectivity index (χ0n) is 20.0. The fourth-order valence-electron chi connectivity index (χ4n) is 6.00. The molecule has 2 aliphatic heterocycles. The molecule has 2 aromatic carbocycles. The van der Waals surface area contributed by atoms with E-state index in [-0.39, 0.29) is 18.1 Å². The van der Waals surface area contributed by atoms with Crippen molar-refractivity contribution in [2.45, 2.75) is 44.3 Å². The number of piperazine rings is 1. The molecule has 0 saturated carbocycles. The molecular weight excluding hydrogens is 396 g/mol. The number of carbonyl (C=O) groups is 1. The quantitative estimate of drug-likeness (QED) is 0.778. The zero-order chi connectivity index (χ0) is 22.7. The van der Waals surface area contributed by atoms with Gasteiger partial charge in [0.2, 0.25) is 0 Å². The Hall–Kier alpha value is -2.37. The van der Waals surface area contributed by atoms with Crippen molar-refractivity contribution < 1.29 is 4.79 Å². The molecule has 3 atom stereocenters. The summed E-state index contributed by atoms with van der Waals surface area (Å²) in [6.45, 7) is 8.74. The molecule has 2 fully saturated rings. The molecule has 2 amide bonds. The van der Waals surface area contributed by atoms with E-state index in [9.17, 15) is 4.79 Å². The highest BCUT2D eigenvalue weighted by Gasteiger charge is 2.52. The van der Waals surface area contributed by atoms with Crippen LogP contribution in [0.1, 0.15) is 43.9 Å². The molecule has 0 aliphatic carbocycles. The monoisotopic (exact) mass is 434 g/mol. The number of rotatable bonds is 4. The molecule has 0 spiro atoms. The Balaban J connectivity index is 1.80. The van der Waals surface area contributed by atoms with Gasteiger partial charge in [-0.05, 0) is 63.9 Å². The maximum absolute atomic E-state index is 13.3. The lowest BCUT2D eigenvalue weighted by molar-refractivity contribution is -0.0611. The number of nitrogens with one attached hydrogen (secondary N) is 1. The molecule has 3 unspecified atom stereocenters. The van der Waals surface area contributed by atoms with Crippen LogP contribution in [0, 0.1) is 5.92 Å². The van der Waals surface area contributed by atoms with Crippen LogP contribution >= 0.6 is 0 Å². The van der Waals surface area contributed by atoms with Gasteiger partial charge in [-0.2, -0.15) is 0 Å². The first-order chi connectivity index (χ1) is 15.4. The van der Waals surface area contributed by atoms with Crippen LogP contribution in [0.4, 0.5) is 4.79 Å². The third-order valence-electron chi connectivity index (χ3n) is 7.57. The summed E-state index contributed by atoms with van der Waals surface area (Å²) in [5.74, 6) is 0.691. The summed E-state index contributed by atoms with van der Waals surface area (Å²) >= 11 is 0. The minimum absolute atomic E-state index is 0.0104. The van der Waals surface area contributed by atoms with Crippen LogP contribution < -0.4 is 5.32 Å². The molecule has 0 radical (unpaired) electrons. The van der Waals surface area contributed by atoms with Crippen molar-refractivity contribution in [1.82, 2.24) is 20.0 Å². The minimum Gasteiger partial charge on any atom is -0.341 e. The lowest BCUT2D eigenvalue weighted by atomic mass is 9.75. The van der Waals surface area contributed by atoms with Gasteiger partial charge in [0.1, 0.15) is 0 Å². The Bertz CT molecular complexity index is 881. The predicted octanol–water partition coefficient (Wildman–Crippen LogP) is 4.33. The Labute approximate surface area is 193 Å². The smallest absolute Gasteiger partial charge is 0.318 e. The van der Waals surface area contributed by atoms with Crippen LogP contribution in [0.5, 0.6) is 0 Å². The van der Waals surface area contributed by atoms with E-state index < -0.39 is 5.54 Å². The molecule has 2 aromatic rings. The summed E-state index contributed by atoms with van der Waals surface area (Å²) < 4.78 is 0. The second-order valence-electron chi connectivity index (χ2n) is 9.80. The molecule has 1 N–H and O–H groups in total. The largest absolute Gasteiger partial charge is 0.341 e. The van der Waals surface area contributed by atoms with Gasteiger partial charge in [0.25, 0.3) is 0 Å². The third kappa shape index (κ3) is 4.28. The maximum Gasteiger partial charge on any atom is 0.318 e. The van der Waals surface area contributed by atoms with E-state index in [4.69, 9.17) is 0 Å². The van der Waals surface area contributed by atoms with Crippen LogP contribution in [0.3, 0.4) is 0 Å². The van der Waals surface area contributed by atoms with Crippen LogP contribution in [0.15, 0.2) is 60.7 Å². The number of hydrogen-bond acceptors (Lipinski definition) is 3. The van der Waals surface area contributed by atoms with E-state index in [1.54, 1.807) is 7.05 Å².